The van der Waals surface area contributed by atoms with Gasteiger partial charge in [0.2, 0.25) is 17.3 Å². The maximum atomic E-state index is 12.4. The fraction of sp³-hybridized carbons (Fsp3) is 0.542. The van der Waals surface area contributed by atoms with Crippen molar-refractivity contribution in [3.63, 3.8) is 0 Å². The highest BCUT2D eigenvalue weighted by molar-refractivity contribution is 5.98. The molecular formula is C24H30O12. The maximum absolute atomic E-state index is 12.4. The van der Waals surface area contributed by atoms with Gasteiger partial charge in [0.25, 0.3) is 0 Å². The van der Waals surface area contributed by atoms with Crippen LogP contribution in [0.3, 0.4) is 0 Å². The van der Waals surface area contributed by atoms with Crippen molar-refractivity contribution in [2.24, 2.45) is 5.92 Å². The van der Waals surface area contributed by atoms with E-state index in [1.54, 1.807) is 6.92 Å². The van der Waals surface area contributed by atoms with E-state index in [1.807, 2.05) is 30.3 Å². The van der Waals surface area contributed by atoms with Gasteiger partial charge in [-0.15, -0.1) is 0 Å². The van der Waals surface area contributed by atoms with Crippen LogP contribution in [-0.2, 0) is 35.0 Å². The summed E-state index contributed by atoms with van der Waals surface area (Å²) in [5, 5.41) is 62.7. The van der Waals surface area contributed by atoms with Crippen LogP contribution in [0.2, 0.25) is 0 Å². The molecule has 6 N–H and O–H groups in total. The number of rotatable bonds is 10. The molecule has 8 unspecified atom stereocenters. The van der Waals surface area contributed by atoms with Crippen molar-refractivity contribution < 1.29 is 59.2 Å². The van der Waals surface area contributed by atoms with Gasteiger partial charge in [0.15, 0.2) is 5.79 Å². The zero-order valence-electron chi connectivity index (χ0n) is 19.7. The van der Waals surface area contributed by atoms with Gasteiger partial charge >= 0.3 is 17.9 Å². The topological polar surface area (TPSA) is 200 Å². The van der Waals surface area contributed by atoms with Crippen LogP contribution in [0.4, 0.5) is 0 Å². The van der Waals surface area contributed by atoms with Crippen molar-refractivity contribution in [2.75, 3.05) is 7.11 Å². The summed E-state index contributed by atoms with van der Waals surface area (Å²) < 4.78 is 15.3. The standard InChI is InChI=1S/C24H30O12/c1-12(15(25)13(2)11-14-7-5-4-6-8-14)9-10-22-16(26)17(27)24(36-22,21(31)32)23(33,20(29)30)18(35-22)19(28)34-3/h4-8,13,15-18,25-27,33H,1,9-11H2,2-3H3,(H,29,30)(H,31,32). The molecule has 0 saturated carbocycles. The van der Waals surface area contributed by atoms with Gasteiger partial charge in [-0.3, -0.25) is 0 Å². The van der Waals surface area contributed by atoms with Crippen LogP contribution in [-0.4, -0.2) is 97.1 Å². The molecule has 2 bridgehead atoms. The third-order valence-corrected chi connectivity index (χ3v) is 6.97. The van der Waals surface area contributed by atoms with E-state index in [-0.39, 0.29) is 17.9 Å². The fourth-order valence-corrected chi connectivity index (χ4v) is 4.90. The Morgan fingerprint density at radius 2 is 1.72 bits per heavy atom. The van der Waals surface area contributed by atoms with Gasteiger partial charge < -0.3 is 44.8 Å². The van der Waals surface area contributed by atoms with Crippen LogP contribution in [0.5, 0.6) is 0 Å². The molecule has 2 aliphatic heterocycles. The van der Waals surface area contributed by atoms with E-state index in [9.17, 15) is 45.0 Å². The van der Waals surface area contributed by atoms with E-state index >= 15 is 0 Å². The minimum atomic E-state index is -3.66. The van der Waals surface area contributed by atoms with E-state index < -0.39 is 65.7 Å². The number of carboxylic acid groups (broad SMARTS) is 2. The molecule has 2 aliphatic rings. The zero-order chi connectivity index (χ0) is 27.1. The first-order valence-corrected chi connectivity index (χ1v) is 11.2. The van der Waals surface area contributed by atoms with Crippen LogP contribution in [0, 0.1) is 5.92 Å². The van der Waals surface area contributed by atoms with E-state index in [0.29, 0.717) is 6.42 Å². The summed E-state index contributed by atoms with van der Waals surface area (Å²) in [6, 6.07) is 9.37. The molecule has 12 nitrogen and oxygen atoms in total. The predicted octanol–water partition coefficient (Wildman–Crippen LogP) is -0.778. The number of hydrogen-bond acceptors (Lipinski definition) is 10. The van der Waals surface area contributed by atoms with Crippen molar-refractivity contribution in [1.29, 1.82) is 0 Å². The lowest BCUT2D eigenvalue weighted by atomic mass is 9.74. The summed E-state index contributed by atoms with van der Waals surface area (Å²) in [6.07, 6.45) is -8.30. The molecule has 0 amide bonds. The highest BCUT2D eigenvalue weighted by Gasteiger charge is 2.84. The number of esters is 1. The number of carboxylic acids is 2. The SMILES string of the molecule is C=C(CCC12OC(C(=O)OC)C(O)(C(=O)O)C(C(=O)O)(O1)C(O)C2O)C(O)C(C)Cc1ccccc1. The van der Waals surface area contributed by atoms with E-state index in [4.69, 9.17) is 9.47 Å². The Hall–Kier alpha value is -2.87. The molecule has 2 heterocycles. The largest absolute Gasteiger partial charge is 0.479 e. The molecule has 1 aromatic carbocycles. The molecule has 1 aromatic rings. The molecule has 8 atom stereocenters. The predicted molar refractivity (Wildman–Crippen MR) is 119 cm³/mol. The molecule has 12 heteroatoms. The Labute approximate surface area is 206 Å². The molecule has 2 fully saturated rings. The summed E-state index contributed by atoms with van der Waals surface area (Å²) in [5.74, 6) is -8.59. The maximum Gasteiger partial charge on any atom is 0.343 e. The molecular weight excluding hydrogens is 480 g/mol. The minimum Gasteiger partial charge on any atom is -0.479 e. The minimum absolute atomic E-state index is 0.140. The summed E-state index contributed by atoms with van der Waals surface area (Å²) in [7, 11) is 0.852. The monoisotopic (exact) mass is 510 g/mol. The third kappa shape index (κ3) is 4.09. The van der Waals surface area contributed by atoms with Crippen LogP contribution in [0.25, 0.3) is 0 Å². The average Bonchev–Trinajstić information content (AvgIpc) is 3.05. The van der Waals surface area contributed by atoms with Gasteiger partial charge in [-0.05, 0) is 29.9 Å². The molecule has 2 saturated heterocycles. The lowest BCUT2D eigenvalue weighted by Gasteiger charge is -2.48. The van der Waals surface area contributed by atoms with Gasteiger partial charge in [0.1, 0.15) is 12.2 Å². The second-order valence-corrected chi connectivity index (χ2v) is 9.21. The first-order valence-electron chi connectivity index (χ1n) is 11.2. The van der Waals surface area contributed by atoms with Gasteiger partial charge in [-0.25, -0.2) is 14.4 Å². The lowest BCUT2D eigenvalue weighted by Crippen LogP contribution is -2.77. The molecule has 0 spiro atoms. The summed E-state index contributed by atoms with van der Waals surface area (Å²) in [4.78, 5) is 36.6. The Morgan fingerprint density at radius 1 is 1.11 bits per heavy atom. The highest BCUT2D eigenvalue weighted by atomic mass is 16.8. The number of ether oxygens (including phenoxy) is 3. The molecule has 0 radical (unpaired) electrons. The van der Waals surface area contributed by atoms with Crippen LogP contribution in [0.15, 0.2) is 42.5 Å². The molecule has 0 aromatic heterocycles. The Balaban J connectivity index is 1.89. The lowest BCUT2D eigenvalue weighted by molar-refractivity contribution is -0.374. The van der Waals surface area contributed by atoms with Gasteiger partial charge in [0, 0.05) is 6.42 Å². The van der Waals surface area contributed by atoms with Gasteiger partial charge in [-0.1, -0.05) is 43.8 Å². The molecule has 3 rings (SSSR count). The normalized spacial score (nSPS) is 35.0. The summed E-state index contributed by atoms with van der Waals surface area (Å²) >= 11 is 0. The number of aliphatic hydroxyl groups is 4. The summed E-state index contributed by atoms with van der Waals surface area (Å²) in [5.41, 5.74) is -5.81. The number of carbonyl (C=O) groups excluding carboxylic acids is 1. The second-order valence-electron chi connectivity index (χ2n) is 9.21. The Bertz CT molecular complexity index is 1030. The van der Waals surface area contributed by atoms with E-state index in [1.165, 1.54) is 0 Å². The van der Waals surface area contributed by atoms with Crippen molar-refractivity contribution in [1.82, 2.24) is 0 Å². The summed E-state index contributed by atoms with van der Waals surface area (Å²) in [6.45, 7) is 5.64. The van der Waals surface area contributed by atoms with Crippen molar-refractivity contribution >= 4 is 17.9 Å². The van der Waals surface area contributed by atoms with Crippen LogP contribution >= 0.6 is 0 Å². The first kappa shape index (κ1) is 27.7. The number of aliphatic carboxylic acids is 2. The van der Waals surface area contributed by atoms with Crippen molar-refractivity contribution in [2.45, 2.75) is 67.6 Å². The third-order valence-electron chi connectivity index (χ3n) is 6.97. The average molecular weight is 510 g/mol. The second kappa shape index (κ2) is 9.88. The zero-order valence-corrected chi connectivity index (χ0v) is 19.7. The fourth-order valence-electron chi connectivity index (χ4n) is 4.90. The van der Waals surface area contributed by atoms with Gasteiger partial charge in [0.05, 0.1) is 13.2 Å². The van der Waals surface area contributed by atoms with E-state index in [2.05, 4.69) is 11.3 Å². The molecule has 36 heavy (non-hydrogen) atoms. The Morgan fingerprint density at radius 3 is 2.25 bits per heavy atom. The number of methoxy groups -OCH3 is 1. The van der Waals surface area contributed by atoms with Crippen molar-refractivity contribution in [3.05, 3.63) is 48.0 Å². The molecule has 0 aliphatic carbocycles. The number of hydrogen-bond donors (Lipinski definition) is 6. The van der Waals surface area contributed by atoms with Crippen molar-refractivity contribution in [3.8, 4) is 0 Å². The number of aliphatic hydroxyl groups excluding tert-OH is 3. The van der Waals surface area contributed by atoms with Gasteiger partial charge in [-0.2, -0.15) is 0 Å². The van der Waals surface area contributed by atoms with Crippen LogP contribution in [0.1, 0.15) is 25.3 Å². The number of fused-ring (bicyclic) bond motifs is 2. The van der Waals surface area contributed by atoms with Crippen LogP contribution < -0.4 is 0 Å². The highest BCUT2D eigenvalue weighted by Crippen LogP contribution is 2.54. The molecule has 198 valence electrons. The first-order chi connectivity index (χ1) is 16.8. The van der Waals surface area contributed by atoms with E-state index in [0.717, 1.165) is 12.7 Å². The smallest absolute Gasteiger partial charge is 0.343 e. The number of benzene rings is 1. The quantitative estimate of drug-likeness (QED) is 0.170. The number of carbonyl (C=O) groups is 3. The Kier molecular flexibility index (Phi) is 7.61.